The van der Waals surface area contributed by atoms with Gasteiger partial charge in [0.1, 0.15) is 5.75 Å². The van der Waals surface area contributed by atoms with Crippen molar-refractivity contribution in [2.45, 2.75) is 83.2 Å². The van der Waals surface area contributed by atoms with Crippen LogP contribution in [0.4, 0.5) is 5.69 Å². The molecule has 3 aliphatic rings. The van der Waals surface area contributed by atoms with Gasteiger partial charge in [0, 0.05) is 40.8 Å². The number of nitrogens with zero attached hydrogens (tertiary/aromatic N) is 1. The molecule has 2 aromatic rings. The first-order valence-electron chi connectivity index (χ1n) is 15.7. The molecule has 1 fully saturated rings. The summed E-state index contributed by atoms with van der Waals surface area (Å²) in [5, 5.41) is 21.9. The summed E-state index contributed by atoms with van der Waals surface area (Å²) in [6.07, 6.45) is 5.45. The van der Waals surface area contributed by atoms with Gasteiger partial charge < -0.3 is 24.6 Å². The van der Waals surface area contributed by atoms with Gasteiger partial charge in [-0.3, -0.25) is 4.79 Å². The van der Waals surface area contributed by atoms with Crippen LogP contribution in [0.3, 0.4) is 0 Å². The molecular formula is C34H47ClN2O4S. The Hall–Kier alpha value is -2.06. The minimum atomic E-state index is -1.31. The van der Waals surface area contributed by atoms with E-state index in [9.17, 15) is 15.0 Å². The molecule has 2 aromatic carbocycles. The molecule has 3 N–H and O–H groups in total. The average molecular weight is 615 g/mol. The topological polar surface area (TPSA) is 82.0 Å². The van der Waals surface area contributed by atoms with Crippen molar-refractivity contribution in [1.82, 2.24) is 4.72 Å². The molecule has 7 unspecified atom stereocenters. The average Bonchev–Trinajstić information content (AvgIpc) is 3.12. The Morgan fingerprint density at radius 2 is 1.93 bits per heavy atom. The summed E-state index contributed by atoms with van der Waals surface area (Å²) in [5.41, 5.74) is 4.06. The quantitative estimate of drug-likeness (QED) is 0.261. The lowest BCUT2D eigenvalue weighted by atomic mass is 9.65. The van der Waals surface area contributed by atoms with Gasteiger partial charge in [-0.15, -0.1) is 0 Å². The van der Waals surface area contributed by atoms with Crippen LogP contribution in [0.2, 0.25) is 5.02 Å². The molecule has 6 nitrogen and oxygen atoms in total. The van der Waals surface area contributed by atoms with Crippen LogP contribution in [0, 0.1) is 23.7 Å². The van der Waals surface area contributed by atoms with E-state index in [0.29, 0.717) is 24.0 Å². The number of carbonyl (C=O) groups excluding carboxylic acids is 1. The SMILES string of the molecule is C=S1NC(=O)c2ccc3c(c2)N(CC(c2ccc(Cl)cc2CCC)CO3)CC2CCC2C(C(O)O)CCCC(C)C1C. The summed E-state index contributed by atoms with van der Waals surface area (Å²) < 4.78 is 9.65. The summed E-state index contributed by atoms with van der Waals surface area (Å²) in [7, 11) is -0.543. The van der Waals surface area contributed by atoms with Crippen LogP contribution in [0.1, 0.15) is 86.7 Å². The molecule has 1 saturated carbocycles. The predicted molar refractivity (Wildman–Crippen MR) is 175 cm³/mol. The zero-order valence-corrected chi connectivity index (χ0v) is 26.8. The molecule has 0 aromatic heterocycles. The van der Waals surface area contributed by atoms with Crippen molar-refractivity contribution in [3.8, 4) is 5.75 Å². The lowest BCUT2D eigenvalue weighted by Gasteiger charge is -2.45. The maximum atomic E-state index is 13.5. The number of fused-ring (bicyclic) bond motifs is 2. The zero-order chi connectivity index (χ0) is 30.0. The van der Waals surface area contributed by atoms with Crippen molar-refractivity contribution < 1.29 is 19.7 Å². The third kappa shape index (κ3) is 6.85. The Morgan fingerprint density at radius 1 is 1.12 bits per heavy atom. The molecule has 5 rings (SSSR count). The first-order valence-corrected chi connectivity index (χ1v) is 17.5. The third-order valence-corrected chi connectivity index (χ3v) is 12.1. The second-order valence-corrected chi connectivity index (χ2v) is 15.0. The molecule has 42 heavy (non-hydrogen) atoms. The highest BCUT2D eigenvalue weighted by Gasteiger charge is 2.41. The normalized spacial score (nSPS) is 30.5. The second-order valence-electron chi connectivity index (χ2n) is 12.7. The molecule has 2 bridgehead atoms. The Balaban J connectivity index is 1.53. The fourth-order valence-electron chi connectivity index (χ4n) is 7.17. The van der Waals surface area contributed by atoms with Gasteiger partial charge in [-0.2, -0.15) is 0 Å². The summed E-state index contributed by atoms with van der Waals surface area (Å²) in [5.74, 6) is 5.97. The highest BCUT2D eigenvalue weighted by molar-refractivity contribution is 8.13. The van der Waals surface area contributed by atoms with E-state index in [4.69, 9.17) is 16.3 Å². The van der Waals surface area contributed by atoms with E-state index in [1.807, 2.05) is 24.3 Å². The van der Waals surface area contributed by atoms with Crippen LogP contribution in [-0.4, -0.2) is 53.2 Å². The fraction of sp³-hybridized carbons (Fsp3) is 0.588. The standard InChI is InChI=1S/C34H47ClN2O4S/c1-5-7-23-16-27(35)12-14-28(23)26-19-37-18-25-10-13-29(25)30(34(39)40)9-6-8-21(2)22(3)42(4)36-33(38)24-11-15-32(41-20-26)31(37)17-24/h11-12,14-17,21-22,25-26,29-30,34,39-40H,4-10,13,18-20H2,1-3H3,(H,36,38). The minimum absolute atomic E-state index is 0.101. The number of aliphatic hydroxyl groups excluding tert-OH is 1. The first kappa shape index (κ1) is 31.4. The van der Waals surface area contributed by atoms with E-state index >= 15 is 0 Å². The number of hydrogen-bond acceptors (Lipinski definition) is 5. The summed E-state index contributed by atoms with van der Waals surface area (Å²) in [4.78, 5) is 15.8. The number of amides is 1. The first-order chi connectivity index (χ1) is 20.2. The molecule has 0 spiro atoms. The van der Waals surface area contributed by atoms with Gasteiger partial charge in [0.05, 0.1) is 12.3 Å². The molecule has 0 saturated heterocycles. The number of ether oxygens (including phenoxy) is 1. The van der Waals surface area contributed by atoms with Crippen LogP contribution in [0.5, 0.6) is 5.75 Å². The van der Waals surface area contributed by atoms with Crippen LogP contribution in [-0.2, 0) is 6.42 Å². The number of aryl methyl sites for hydroxylation is 1. The van der Waals surface area contributed by atoms with Crippen molar-refractivity contribution in [2.75, 3.05) is 24.6 Å². The van der Waals surface area contributed by atoms with Crippen molar-refractivity contribution in [1.29, 1.82) is 0 Å². The Morgan fingerprint density at radius 3 is 2.64 bits per heavy atom. The van der Waals surface area contributed by atoms with E-state index in [0.717, 1.165) is 74.5 Å². The molecule has 1 amide bonds. The van der Waals surface area contributed by atoms with Gasteiger partial charge in [-0.1, -0.05) is 67.8 Å². The Kier molecular flexibility index (Phi) is 10.2. The number of nitrogens with one attached hydrogen (secondary N) is 1. The third-order valence-electron chi connectivity index (χ3n) is 10.0. The van der Waals surface area contributed by atoms with E-state index in [1.54, 1.807) is 0 Å². The molecule has 2 aliphatic heterocycles. The molecule has 8 heteroatoms. The molecule has 7 atom stereocenters. The van der Waals surface area contributed by atoms with E-state index in [-0.39, 0.29) is 28.9 Å². The van der Waals surface area contributed by atoms with Crippen LogP contribution in [0.25, 0.3) is 0 Å². The number of benzene rings is 2. The summed E-state index contributed by atoms with van der Waals surface area (Å²) in [6.45, 7) is 8.62. The number of hydrogen-bond donors (Lipinski definition) is 3. The monoisotopic (exact) mass is 614 g/mol. The van der Waals surface area contributed by atoms with Crippen LogP contribution >= 0.6 is 22.3 Å². The zero-order valence-electron chi connectivity index (χ0n) is 25.2. The second kappa shape index (κ2) is 13.7. The van der Waals surface area contributed by atoms with Gasteiger partial charge in [0.15, 0.2) is 6.29 Å². The van der Waals surface area contributed by atoms with Crippen LogP contribution in [0.15, 0.2) is 36.4 Å². The molecule has 2 heterocycles. The van der Waals surface area contributed by atoms with Gasteiger partial charge in [-0.25, -0.2) is 0 Å². The van der Waals surface area contributed by atoms with Gasteiger partial charge in [0.2, 0.25) is 0 Å². The van der Waals surface area contributed by atoms with Crippen LogP contribution < -0.4 is 14.4 Å². The van der Waals surface area contributed by atoms with E-state index in [1.165, 1.54) is 11.1 Å². The lowest BCUT2D eigenvalue weighted by molar-refractivity contribution is -0.124. The summed E-state index contributed by atoms with van der Waals surface area (Å²) in [6, 6.07) is 12.0. The highest BCUT2D eigenvalue weighted by atomic mass is 35.5. The van der Waals surface area contributed by atoms with E-state index < -0.39 is 17.0 Å². The van der Waals surface area contributed by atoms with Gasteiger partial charge in [-0.05, 0) is 91.3 Å². The maximum Gasteiger partial charge on any atom is 0.260 e. The summed E-state index contributed by atoms with van der Waals surface area (Å²) >= 11 is 6.41. The van der Waals surface area contributed by atoms with Crippen molar-refractivity contribution in [2.24, 2.45) is 23.7 Å². The predicted octanol–water partition coefficient (Wildman–Crippen LogP) is 6.78. The molecule has 230 valence electrons. The fourth-order valence-corrected chi connectivity index (χ4v) is 8.60. The van der Waals surface area contributed by atoms with Gasteiger partial charge in [0.25, 0.3) is 5.91 Å². The highest BCUT2D eigenvalue weighted by Crippen LogP contribution is 2.46. The van der Waals surface area contributed by atoms with Gasteiger partial charge >= 0.3 is 0 Å². The molecule has 1 aliphatic carbocycles. The van der Waals surface area contributed by atoms with E-state index in [2.05, 4.69) is 48.4 Å². The maximum absolute atomic E-state index is 13.5. The Bertz CT molecular complexity index is 1290. The Labute approximate surface area is 258 Å². The molecule has 0 radical (unpaired) electrons. The number of aliphatic hydroxyl groups is 2. The van der Waals surface area contributed by atoms with Crippen molar-refractivity contribution in [3.05, 3.63) is 58.1 Å². The smallest absolute Gasteiger partial charge is 0.260 e. The van der Waals surface area contributed by atoms with Crippen molar-refractivity contribution >= 4 is 39.7 Å². The molecular weight excluding hydrogens is 568 g/mol. The number of rotatable bonds is 4. The van der Waals surface area contributed by atoms with Crippen molar-refractivity contribution in [3.63, 3.8) is 0 Å². The largest absolute Gasteiger partial charge is 0.491 e. The lowest BCUT2D eigenvalue weighted by Crippen LogP contribution is -2.45. The number of halogens is 1. The minimum Gasteiger partial charge on any atom is -0.491 e. The number of carbonyl (C=O) groups is 1. The number of anilines is 1.